The number of nitrogens with zero attached hydrogens (tertiary/aromatic N) is 2. The van der Waals surface area contributed by atoms with Crippen LogP contribution >= 0.6 is 0 Å². The summed E-state index contributed by atoms with van der Waals surface area (Å²) in [4.78, 5) is 19.8. The normalized spacial score (nSPS) is 12.9. The molecule has 3 rings (SSSR count). The summed E-state index contributed by atoms with van der Waals surface area (Å²) in [6.45, 7) is 1.42. The fourth-order valence-corrected chi connectivity index (χ4v) is 2.44. The van der Waals surface area contributed by atoms with E-state index in [4.69, 9.17) is 0 Å². The maximum absolute atomic E-state index is 12.7. The number of hydrogen-bond donors (Lipinski definition) is 3. The van der Waals surface area contributed by atoms with Gasteiger partial charge in [0.25, 0.3) is 0 Å². The van der Waals surface area contributed by atoms with Crippen LogP contribution < -0.4 is 16.0 Å². The number of halogens is 1. The zero-order chi connectivity index (χ0) is 16.1. The Hall–Kier alpha value is -2.70. The van der Waals surface area contributed by atoms with Crippen LogP contribution in [-0.4, -0.2) is 29.1 Å². The molecule has 0 saturated carbocycles. The number of urea groups is 1. The van der Waals surface area contributed by atoms with Crippen LogP contribution in [0.25, 0.3) is 0 Å². The van der Waals surface area contributed by atoms with E-state index in [0.717, 1.165) is 30.9 Å². The van der Waals surface area contributed by atoms with E-state index in [2.05, 4.69) is 32.0 Å². The van der Waals surface area contributed by atoms with Gasteiger partial charge in [-0.05, 0) is 36.6 Å². The van der Waals surface area contributed by atoms with Crippen LogP contribution in [-0.2, 0) is 12.8 Å². The van der Waals surface area contributed by atoms with Crippen LogP contribution in [0.3, 0.4) is 0 Å². The predicted molar refractivity (Wildman–Crippen MR) is 86.0 cm³/mol. The lowest BCUT2D eigenvalue weighted by Gasteiger charge is -2.17. The predicted octanol–water partition coefficient (Wildman–Crippen LogP) is 2.34. The number of pyridine rings is 2. The number of rotatable bonds is 4. The highest BCUT2D eigenvalue weighted by Crippen LogP contribution is 2.19. The summed E-state index contributed by atoms with van der Waals surface area (Å²) in [7, 11) is 0. The van der Waals surface area contributed by atoms with E-state index in [-0.39, 0.29) is 6.03 Å². The number of aryl methyl sites for hydroxylation is 1. The maximum Gasteiger partial charge on any atom is 0.319 e. The Morgan fingerprint density at radius 2 is 2.22 bits per heavy atom. The monoisotopic (exact) mass is 315 g/mol. The highest BCUT2D eigenvalue weighted by atomic mass is 19.1. The first-order chi connectivity index (χ1) is 11.2. The molecule has 23 heavy (non-hydrogen) atoms. The fraction of sp³-hybridized carbons (Fsp3) is 0.312. The van der Waals surface area contributed by atoms with Crippen molar-refractivity contribution in [3.63, 3.8) is 0 Å². The third-order valence-electron chi connectivity index (χ3n) is 3.60. The molecule has 1 aliphatic heterocycles. The molecule has 6 nitrogen and oxygen atoms in total. The van der Waals surface area contributed by atoms with E-state index in [1.54, 1.807) is 0 Å². The molecular weight excluding hydrogens is 297 g/mol. The molecular formula is C16H18FN5O. The lowest BCUT2D eigenvalue weighted by molar-refractivity contribution is 0.252. The minimum atomic E-state index is -0.581. The quantitative estimate of drug-likeness (QED) is 0.757. The number of amides is 2. The molecule has 0 aromatic carbocycles. The molecule has 2 aromatic rings. The van der Waals surface area contributed by atoms with Gasteiger partial charge in [-0.15, -0.1) is 0 Å². The second-order valence-corrected chi connectivity index (χ2v) is 5.34. The van der Waals surface area contributed by atoms with E-state index < -0.39 is 5.95 Å². The Balaban J connectivity index is 1.47. The van der Waals surface area contributed by atoms with Crippen molar-refractivity contribution in [3.05, 3.63) is 47.7 Å². The van der Waals surface area contributed by atoms with E-state index in [0.29, 0.717) is 18.7 Å². The molecule has 0 fully saturated rings. The lowest BCUT2D eigenvalue weighted by Crippen LogP contribution is -2.30. The summed E-state index contributed by atoms with van der Waals surface area (Å²) in [6.07, 6.45) is 4.10. The van der Waals surface area contributed by atoms with Crippen LogP contribution in [0, 0.1) is 5.95 Å². The Kier molecular flexibility index (Phi) is 4.65. The van der Waals surface area contributed by atoms with Crippen LogP contribution in [0.15, 0.2) is 30.5 Å². The number of carbonyl (C=O) groups is 1. The van der Waals surface area contributed by atoms with Crippen molar-refractivity contribution in [3.8, 4) is 0 Å². The molecule has 0 aliphatic carbocycles. The minimum Gasteiger partial charge on any atom is -0.370 e. The van der Waals surface area contributed by atoms with Gasteiger partial charge >= 0.3 is 6.03 Å². The third kappa shape index (κ3) is 4.15. The van der Waals surface area contributed by atoms with Gasteiger partial charge < -0.3 is 16.0 Å². The first-order valence-corrected chi connectivity index (χ1v) is 7.60. The first kappa shape index (κ1) is 15.2. The number of carbonyl (C=O) groups excluding carboxylic acids is 1. The molecule has 0 atom stereocenters. The summed E-state index contributed by atoms with van der Waals surface area (Å²) >= 11 is 0. The van der Waals surface area contributed by atoms with Crippen molar-refractivity contribution < 1.29 is 9.18 Å². The summed E-state index contributed by atoms with van der Waals surface area (Å²) in [6, 6.07) is 6.39. The lowest BCUT2D eigenvalue weighted by atomic mass is 10.1. The van der Waals surface area contributed by atoms with Gasteiger partial charge in [0.2, 0.25) is 5.95 Å². The molecule has 2 aromatic heterocycles. The van der Waals surface area contributed by atoms with Crippen LogP contribution in [0.2, 0.25) is 0 Å². The van der Waals surface area contributed by atoms with E-state index in [9.17, 15) is 9.18 Å². The van der Waals surface area contributed by atoms with Crippen molar-refractivity contribution >= 4 is 17.5 Å². The second kappa shape index (κ2) is 7.04. The molecule has 7 heteroatoms. The molecule has 0 saturated heterocycles. The molecule has 0 unspecified atom stereocenters. The van der Waals surface area contributed by atoms with Crippen LogP contribution in [0.5, 0.6) is 0 Å². The van der Waals surface area contributed by atoms with Gasteiger partial charge in [0, 0.05) is 25.2 Å². The van der Waals surface area contributed by atoms with Gasteiger partial charge in [-0.2, -0.15) is 4.39 Å². The standard InChI is InChI=1S/C16H18FN5O/c17-14-6-5-13(10-20-14)22-16(23)19-9-7-12-4-3-11-2-1-8-18-15(11)21-12/h3-6,10H,1-2,7-9H2,(H,18,21)(H2,19,22,23). The van der Waals surface area contributed by atoms with Crippen LogP contribution in [0.1, 0.15) is 17.7 Å². The number of nitrogens with one attached hydrogen (secondary N) is 3. The summed E-state index contributed by atoms with van der Waals surface area (Å²) in [5.41, 5.74) is 2.62. The van der Waals surface area contributed by atoms with E-state index in [1.807, 2.05) is 6.07 Å². The smallest absolute Gasteiger partial charge is 0.319 e. The molecule has 3 N–H and O–H groups in total. The Morgan fingerprint density at radius 3 is 3.04 bits per heavy atom. The van der Waals surface area contributed by atoms with Gasteiger partial charge in [0.05, 0.1) is 11.9 Å². The zero-order valence-electron chi connectivity index (χ0n) is 12.6. The van der Waals surface area contributed by atoms with Crippen molar-refractivity contribution in [2.24, 2.45) is 0 Å². The highest BCUT2D eigenvalue weighted by molar-refractivity contribution is 5.88. The second-order valence-electron chi connectivity index (χ2n) is 5.34. The summed E-state index contributed by atoms with van der Waals surface area (Å²) in [5.74, 6) is 0.374. The van der Waals surface area contributed by atoms with Crippen molar-refractivity contribution in [1.82, 2.24) is 15.3 Å². The SMILES string of the molecule is O=C(NCCc1ccc2c(n1)NCCC2)Nc1ccc(F)nc1. The summed E-state index contributed by atoms with van der Waals surface area (Å²) in [5, 5.41) is 8.63. The average Bonchev–Trinajstić information content (AvgIpc) is 2.57. The van der Waals surface area contributed by atoms with E-state index >= 15 is 0 Å². The first-order valence-electron chi connectivity index (χ1n) is 7.60. The average molecular weight is 315 g/mol. The number of hydrogen-bond acceptors (Lipinski definition) is 4. The molecule has 0 spiro atoms. The number of fused-ring (bicyclic) bond motifs is 1. The largest absolute Gasteiger partial charge is 0.370 e. The fourth-order valence-electron chi connectivity index (χ4n) is 2.44. The summed E-state index contributed by atoms with van der Waals surface area (Å²) < 4.78 is 12.7. The molecule has 120 valence electrons. The Bertz CT molecular complexity index is 689. The topological polar surface area (TPSA) is 78.9 Å². The minimum absolute atomic E-state index is 0.352. The third-order valence-corrected chi connectivity index (χ3v) is 3.60. The van der Waals surface area contributed by atoms with Crippen molar-refractivity contribution in [2.45, 2.75) is 19.3 Å². The van der Waals surface area contributed by atoms with Crippen LogP contribution in [0.4, 0.5) is 20.7 Å². The molecule has 1 aliphatic rings. The highest BCUT2D eigenvalue weighted by Gasteiger charge is 2.10. The maximum atomic E-state index is 12.7. The number of aromatic nitrogens is 2. The van der Waals surface area contributed by atoms with Gasteiger partial charge in [0.15, 0.2) is 0 Å². The Labute approximate surface area is 133 Å². The molecule has 3 heterocycles. The van der Waals surface area contributed by atoms with Crippen molar-refractivity contribution in [2.75, 3.05) is 23.7 Å². The van der Waals surface area contributed by atoms with Gasteiger partial charge in [-0.25, -0.2) is 14.8 Å². The van der Waals surface area contributed by atoms with Crippen molar-refractivity contribution in [1.29, 1.82) is 0 Å². The zero-order valence-corrected chi connectivity index (χ0v) is 12.6. The Morgan fingerprint density at radius 1 is 1.30 bits per heavy atom. The van der Waals surface area contributed by atoms with Gasteiger partial charge in [0.1, 0.15) is 5.82 Å². The molecule has 2 amide bonds. The molecule has 0 radical (unpaired) electrons. The number of anilines is 2. The van der Waals surface area contributed by atoms with Gasteiger partial charge in [-0.3, -0.25) is 0 Å². The molecule has 0 bridgehead atoms. The van der Waals surface area contributed by atoms with Gasteiger partial charge in [-0.1, -0.05) is 6.07 Å². The van der Waals surface area contributed by atoms with E-state index in [1.165, 1.54) is 23.9 Å².